The lowest BCUT2D eigenvalue weighted by molar-refractivity contribution is -0.126. The van der Waals surface area contributed by atoms with Gasteiger partial charge in [-0.05, 0) is 48.0 Å². The maximum absolute atomic E-state index is 13.9. The standard InChI is InChI=1S/C27H24Cl2N2O4/c1-31-23-6-3-2-5-18(23)16-27(26(31)33)24(21-12-9-19(28)15-22(21)29)35-25(30-27)17-7-10-20(11-8-17)34-14-4-13-32/h2-3,5-12,15,24,32H,4,13-14,16H2,1H3/t24-,27-/m0/s1. The van der Waals surface area contributed by atoms with Gasteiger partial charge in [-0.15, -0.1) is 0 Å². The van der Waals surface area contributed by atoms with Gasteiger partial charge in [-0.1, -0.05) is 47.5 Å². The number of ether oxygens (including phenoxy) is 2. The molecule has 3 aromatic rings. The Hall–Kier alpha value is -3.06. The van der Waals surface area contributed by atoms with Crippen LogP contribution in [0, 0.1) is 0 Å². The number of fused-ring (bicyclic) bond motifs is 1. The minimum Gasteiger partial charge on any atom is -0.494 e. The minimum atomic E-state index is -1.22. The quantitative estimate of drug-likeness (QED) is 0.460. The van der Waals surface area contributed by atoms with Gasteiger partial charge < -0.3 is 19.5 Å². The van der Waals surface area contributed by atoms with E-state index < -0.39 is 11.6 Å². The van der Waals surface area contributed by atoms with E-state index in [4.69, 9.17) is 42.8 Å². The Kier molecular flexibility index (Phi) is 6.45. The fourth-order valence-corrected chi connectivity index (χ4v) is 5.14. The van der Waals surface area contributed by atoms with Crippen LogP contribution in [-0.4, -0.2) is 42.7 Å². The van der Waals surface area contributed by atoms with Gasteiger partial charge in [0, 0.05) is 53.4 Å². The lowest BCUT2D eigenvalue weighted by Crippen LogP contribution is -2.53. The SMILES string of the molecule is CN1C(=O)[C@@]2(Cc3ccccc31)N=C(c1ccc(OCCCO)cc1)O[C@H]2c1ccc(Cl)cc1Cl. The average molecular weight is 511 g/mol. The van der Waals surface area contributed by atoms with Crippen molar-refractivity contribution in [2.75, 3.05) is 25.2 Å². The zero-order valence-electron chi connectivity index (χ0n) is 19.1. The number of nitrogens with zero attached hydrogens (tertiary/aromatic N) is 2. The molecule has 8 heteroatoms. The molecule has 5 rings (SSSR count). The highest BCUT2D eigenvalue weighted by molar-refractivity contribution is 6.35. The number of halogens is 2. The van der Waals surface area contributed by atoms with Crippen LogP contribution in [-0.2, 0) is 16.0 Å². The average Bonchev–Trinajstić information content (AvgIpc) is 3.23. The summed E-state index contributed by atoms with van der Waals surface area (Å²) in [6, 6.07) is 20.3. The van der Waals surface area contributed by atoms with Gasteiger partial charge in [0.1, 0.15) is 5.75 Å². The number of rotatable bonds is 6. The molecular weight excluding hydrogens is 487 g/mol. The zero-order valence-corrected chi connectivity index (χ0v) is 20.6. The highest BCUT2D eigenvalue weighted by Gasteiger charge is 2.57. The van der Waals surface area contributed by atoms with E-state index in [9.17, 15) is 4.79 Å². The molecule has 1 amide bonds. The molecule has 0 saturated carbocycles. The fraction of sp³-hybridized carbons (Fsp3) is 0.259. The second kappa shape index (κ2) is 9.53. The van der Waals surface area contributed by atoms with Gasteiger partial charge in [0.25, 0.3) is 5.91 Å². The summed E-state index contributed by atoms with van der Waals surface area (Å²) in [5, 5.41) is 9.87. The van der Waals surface area contributed by atoms with Crippen molar-refractivity contribution in [3.05, 3.63) is 93.5 Å². The van der Waals surface area contributed by atoms with Crippen LogP contribution in [0.2, 0.25) is 10.0 Å². The largest absolute Gasteiger partial charge is 0.494 e. The van der Waals surface area contributed by atoms with Crippen LogP contribution in [0.25, 0.3) is 0 Å². The first-order valence-corrected chi connectivity index (χ1v) is 12.1. The van der Waals surface area contributed by atoms with Crippen LogP contribution < -0.4 is 9.64 Å². The predicted octanol–water partition coefficient (Wildman–Crippen LogP) is 5.23. The molecule has 0 fully saturated rings. The Bertz CT molecular complexity index is 1290. The van der Waals surface area contributed by atoms with Gasteiger partial charge >= 0.3 is 0 Å². The van der Waals surface area contributed by atoms with Gasteiger partial charge in [0.15, 0.2) is 11.6 Å². The normalized spacial score (nSPS) is 21.0. The van der Waals surface area contributed by atoms with Crippen molar-refractivity contribution in [2.45, 2.75) is 24.5 Å². The zero-order chi connectivity index (χ0) is 24.6. The van der Waals surface area contributed by atoms with Crippen molar-refractivity contribution < 1.29 is 19.4 Å². The third-order valence-electron chi connectivity index (χ3n) is 6.37. The number of aliphatic hydroxyl groups is 1. The van der Waals surface area contributed by atoms with E-state index in [1.165, 1.54) is 0 Å². The maximum Gasteiger partial charge on any atom is 0.259 e. The van der Waals surface area contributed by atoms with Crippen molar-refractivity contribution >= 4 is 40.7 Å². The van der Waals surface area contributed by atoms with E-state index in [-0.39, 0.29) is 12.5 Å². The van der Waals surface area contributed by atoms with E-state index in [0.717, 1.165) is 16.8 Å². The first-order valence-electron chi connectivity index (χ1n) is 11.3. The van der Waals surface area contributed by atoms with Crippen LogP contribution in [0.3, 0.4) is 0 Å². The van der Waals surface area contributed by atoms with Crippen LogP contribution in [0.4, 0.5) is 5.69 Å². The molecule has 0 radical (unpaired) electrons. The summed E-state index contributed by atoms with van der Waals surface area (Å²) in [5.74, 6) is 0.880. The Labute approximate surface area is 213 Å². The lowest BCUT2D eigenvalue weighted by atomic mass is 9.78. The number of para-hydroxylation sites is 1. The van der Waals surface area contributed by atoms with Crippen LogP contribution in [0.1, 0.15) is 29.2 Å². The fourth-order valence-electron chi connectivity index (χ4n) is 4.64. The van der Waals surface area contributed by atoms with E-state index in [1.54, 1.807) is 30.1 Å². The number of hydrogen-bond donors (Lipinski definition) is 1. The van der Waals surface area contributed by atoms with E-state index in [1.807, 2.05) is 48.5 Å². The van der Waals surface area contributed by atoms with Crippen molar-refractivity contribution in [1.29, 1.82) is 0 Å². The number of hydrogen-bond acceptors (Lipinski definition) is 5. The van der Waals surface area contributed by atoms with E-state index in [2.05, 4.69) is 0 Å². The molecule has 1 spiro atoms. The van der Waals surface area contributed by atoms with Crippen molar-refractivity contribution in [3.8, 4) is 5.75 Å². The molecule has 2 heterocycles. The molecule has 2 aliphatic rings. The molecular formula is C27H24Cl2N2O4. The molecule has 0 bridgehead atoms. The number of aliphatic imine (C=N–C) groups is 1. The first-order chi connectivity index (χ1) is 16.9. The summed E-state index contributed by atoms with van der Waals surface area (Å²) in [6.45, 7) is 0.499. The third-order valence-corrected chi connectivity index (χ3v) is 6.93. The van der Waals surface area contributed by atoms with E-state index >= 15 is 0 Å². The second-order valence-electron chi connectivity index (χ2n) is 8.62. The van der Waals surface area contributed by atoms with Gasteiger partial charge in [0.2, 0.25) is 5.90 Å². The summed E-state index contributed by atoms with van der Waals surface area (Å²) in [7, 11) is 1.76. The predicted molar refractivity (Wildman–Crippen MR) is 137 cm³/mol. The molecule has 2 aliphatic heterocycles. The second-order valence-corrected chi connectivity index (χ2v) is 9.47. The molecule has 180 valence electrons. The Morgan fingerprint density at radius 2 is 1.91 bits per heavy atom. The molecule has 3 aromatic carbocycles. The minimum absolute atomic E-state index is 0.0745. The number of carbonyl (C=O) groups is 1. The van der Waals surface area contributed by atoms with Gasteiger partial charge in [0.05, 0.1) is 6.61 Å². The number of carbonyl (C=O) groups excluding carboxylic acids is 1. The summed E-state index contributed by atoms with van der Waals surface area (Å²) in [5.41, 5.74) is 2.02. The monoisotopic (exact) mass is 510 g/mol. The van der Waals surface area contributed by atoms with Gasteiger partial charge in [-0.25, -0.2) is 4.99 Å². The molecule has 35 heavy (non-hydrogen) atoms. The number of amides is 1. The Morgan fingerprint density at radius 3 is 2.66 bits per heavy atom. The van der Waals surface area contributed by atoms with Crippen molar-refractivity contribution in [1.82, 2.24) is 0 Å². The van der Waals surface area contributed by atoms with Crippen LogP contribution in [0.5, 0.6) is 5.75 Å². The summed E-state index contributed by atoms with van der Waals surface area (Å²) >= 11 is 12.7. The van der Waals surface area contributed by atoms with E-state index in [0.29, 0.717) is 46.7 Å². The first kappa shape index (κ1) is 23.7. The lowest BCUT2D eigenvalue weighted by Gasteiger charge is -2.39. The molecule has 6 nitrogen and oxygen atoms in total. The molecule has 0 aromatic heterocycles. The molecule has 2 atom stereocenters. The highest BCUT2D eigenvalue weighted by Crippen LogP contribution is 2.48. The van der Waals surface area contributed by atoms with Gasteiger partial charge in [-0.2, -0.15) is 0 Å². The molecule has 1 N–H and O–H groups in total. The summed E-state index contributed by atoms with van der Waals surface area (Å²) in [4.78, 5) is 20.5. The van der Waals surface area contributed by atoms with Gasteiger partial charge in [-0.3, -0.25) is 4.79 Å². The smallest absolute Gasteiger partial charge is 0.259 e. The molecule has 0 unspecified atom stereocenters. The third kappa shape index (κ3) is 4.27. The van der Waals surface area contributed by atoms with Crippen molar-refractivity contribution in [2.24, 2.45) is 4.99 Å². The molecule has 0 aliphatic carbocycles. The summed E-state index contributed by atoms with van der Waals surface area (Å²) < 4.78 is 12.1. The summed E-state index contributed by atoms with van der Waals surface area (Å²) in [6.07, 6.45) is 0.203. The van der Waals surface area contributed by atoms with Crippen molar-refractivity contribution in [3.63, 3.8) is 0 Å². The molecule has 0 saturated heterocycles. The number of benzene rings is 3. The number of aliphatic hydroxyl groups excluding tert-OH is 1. The maximum atomic E-state index is 13.9. The Morgan fingerprint density at radius 1 is 1.14 bits per heavy atom. The topological polar surface area (TPSA) is 71.4 Å². The van der Waals surface area contributed by atoms with Crippen LogP contribution in [0.15, 0.2) is 71.7 Å². The highest BCUT2D eigenvalue weighted by atomic mass is 35.5. The number of anilines is 1. The van der Waals surface area contributed by atoms with Crippen LogP contribution >= 0.6 is 23.2 Å². The Balaban J connectivity index is 1.57. The number of likely N-dealkylation sites (N-methyl/N-ethyl adjacent to an activating group) is 1.